The van der Waals surface area contributed by atoms with E-state index in [0.29, 0.717) is 0 Å². The number of hydrogen-bond donors (Lipinski definition) is 1. The fraction of sp³-hybridized carbons (Fsp3) is 1.00. The van der Waals surface area contributed by atoms with Crippen molar-refractivity contribution < 1.29 is 0 Å². The van der Waals surface area contributed by atoms with E-state index in [9.17, 15) is 0 Å². The first kappa shape index (κ1) is 12.0. The molecule has 0 radical (unpaired) electrons. The summed E-state index contributed by atoms with van der Waals surface area (Å²) < 4.78 is 0. The lowest BCUT2D eigenvalue weighted by molar-refractivity contribution is 0.269. The fourth-order valence-corrected chi connectivity index (χ4v) is 4.63. The van der Waals surface area contributed by atoms with Gasteiger partial charge in [0.2, 0.25) is 0 Å². The molecule has 0 bridgehead atoms. The van der Waals surface area contributed by atoms with Gasteiger partial charge >= 0.3 is 0 Å². The van der Waals surface area contributed by atoms with Gasteiger partial charge in [0, 0.05) is 19.1 Å². The van der Waals surface area contributed by atoms with Crippen LogP contribution in [0.1, 0.15) is 44.9 Å². The summed E-state index contributed by atoms with van der Waals surface area (Å²) >= 11 is 0. The van der Waals surface area contributed by atoms with Gasteiger partial charge in [0.05, 0.1) is 0 Å². The molecule has 0 aromatic rings. The zero-order valence-electron chi connectivity index (χ0n) is 11.3. The molecule has 0 aromatic heterocycles. The van der Waals surface area contributed by atoms with Crippen LogP contribution < -0.4 is 5.32 Å². The van der Waals surface area contributed by atoms with Crippen LogP contribution >= 0.6 is 0 Å². The third-order valence-corrected chi connectivity index (χ3v) is 5.65. The molecule has 3 rings (SSSR count). The van der Waals surface area contributed by atoms with Gasteiger partial charge in [0.25, 0.3) is 0 Å². The van der Waals surface area contributed by atoms with Gasteiger partial charge in [-0.1, -0.05) is 12.8 Å². The molecule has 0 spiro atoms. The molecule has 4 unspecified atom stereocenters. The van der Waals surface area contributed by atoms with Crippen molar-refractivity contribution in [2.45, 2.75) is 51.0 Å². The number of nitrogens with zero attached hydrogens (tertiary/aromatic N) is 1. The molecule has 0 aromatic carbocycles. The average molecular weight is 236 g/mol. The minimum absolute atomic E-state index is 0.817. The molecule has 98 valence electrons. The van der Waals surface area contributed by atoms with E-state index < -0.39 is 0 Å². The molecule has 1 aliphatic heterocycles. The Balaban J connectivity index is 1.43. The molecule has 4 atom stereocenters. The largest absolute Gasteiger partial charge is 0.317 e. The average Bonchev–Trinajstić information content (AvgIpc) is 3.00. The summed E-state index contributed by atoms with van der Waals surface area (Å²) in [5, 5.41) is 3.51. The molecular weight excluding hydrogens is 208 g/mol. The highest BCUT2D eigenvalue weighted by molar-refractivity contribution is 4.89. The van der Waals surface area contributed by atoms with Gasteiger partial charge < -0.3 is 10.2 Å². The number of nitrogens with one attached hydrogen (secondary N) is 1. The number of rotatable bonds is 4. The lowest BCUT2D eigenvalue weighted by Crippen LogP contribution is -2.32. The number of hydrogen-bond acceptors (Lipinski definition) is 2. The molecular formula is C15H28N2. The standard InChI is InChI=1S/C15H28N2/c1-16-15-7-3-4-12(15)8-9-17-10-13-5-2-6-14(13)11-17/h12-16H,2-11H2,1H3. The van der Waals surface area contributed by atoms with Gasteiger partial charge in [-0.05, 0) is 63.5 Å². The Bertz CT molecular complexity index is 241. The highest BCUT2D eigenvalue weighted by atomic mass is 15.2. The van der Waals surface area contributed by atoms with Crippen LogP contribution in [0.3, 0.4) is 0 Å². The van der Waals surface area contributed by atoms with Gasteiger partial charge in [0.1, 0.15) is 0 Å². The summed E-state index contributed by atoms with van der Waals surface area (Å²) in [7, 11) is 2.14. The van der Waals surface area contributed by atoms with Crippen molar-refractivity contribution >= 4 is 0 Å². The van der Waals surface area contributed by atoms with Crippen LogP contribution in [0.5, 0.6) is 0 Å². The van der Waals surface area contributed by atoms with Crippen LogP contribution in [0, 0.1) is 17.8 Å². The minimum Gasteiger partial charge on any atom is -0.317 e. The van der Waals surface area contributed by atoms with Crippen LogP contribution in [0.2, 0.25) is 0 Å². The molecule has 2 nitrogen and oxygen atoms in total. The first-order chi connectivity index (χ1) is 8.36. The van der Waals surface area contributed by atoms with Crippen molar-refractivity contribution in [2.24, 2.45) is 17.8 Å². The highest BCUT2D eigenvalue weighted by Gasteiger charge is 2.36. The lowest BCUT2D eigenvalue weighted by atomic mass is 9.99. The zero-order valence-corrected chi connectivity index (χ0v) is 11.3. The Morgan fingerprint density at radius 3 is 2.41 bits per heavy atom. The second-order valence-electron chi connectivity index (χ2n) is 6.59. The van der Waals surface area contributed by atoms with Crippen molar-refractivity contribution in [3.05, 3.63) is 0 Å². The topological polar surface area (TPSA) is 15.3 Å². The summed E-state index contributed by atoms with van der Waals surface area (Å²) in [4.78, 5) is 2.76. The van der Waals surface area contributed by atoms with E-state index >= 15 is 0 Å². The molecule has 17 heavy (non-hydrogen) atoms. The van der Waals surface area contributed by atoms with Crippen LogP contribution in [0.25, 0.3) is 0 Å². The van der Waals surface area contributed by atoms with Crippen molar-refractivity contribution in [2.75, 3.05) is 26.7 Å². The Hall–Kier alpha value is -0.0800. The first-order valence-electron chi connectivity index (χ1n) is 7.76. The Labute approximate surface area is 106 Å². The number of fused-ring (bicyclic) bond motifs is 1. The Kier molecular flexibility index (Phi) is 3.72. The predicted molar refractivity (Wildman–Crippen MR) is 72.1 cm³/mol. The molecule has 3 fully saturated rings. The molecule has 1 N–H and O–H groups in total. The van der Waals surface area contributed by atoms with E-state index in [1.165, 1.54) is 64.6 Å². The Morgan fingerprint density at radius 2 is 1.71 bits per heavy atom. The van der Waals surface area contributed by atoms with Gasteiger partial charge in [-0.25, -0.2) is 0 Å². The summed E-state index contributed by atoms with van der Waals surface area (Å²) in [5.41, 5.74) is 0. The molecule has 1 saturated heterocycles. The summed E-state index contributed by atoms with van der Waals surface area (Å²) in [6, 6.07) is 0.817. The molecule has 2 aliphatic carbocycles. The van der Waals surface area contributed by atoms with Crippen molar-refractivity contribution in [3.8, 4) is 0 Å². The normalized spacial score (nSPS) is 42.2. The van der Waals surface area contributed by atoms with E-state index in [1.54, 1.807) is 0 Å². The summed E-state index contributed by atoms with van der Waals surface area (Å²) in [5.74, 6) is 3.10. The third kappa shape index (κ3) is 2.53. The maximum Gasteiger partial charge on any atom is 0.00928 e. The lowest BCUT2D eigenvalue weighted by Gasteiger charge is -2.23. The fourth-order valence-electron chi connectivity index (χ4n) is 4.63. The maximum atomic E-state index is 3.51. The van der Waals surface area contributed by atoms with Crippen molar-refractivity contribution in [1.82, 2.24) is 10.2 Å². The van der Waals surface area contributed by atoms with Crippen LogP contribution in [0.4, 0.5) is 0 Å². The van der Waals surface area contributed by atoms with E-state index in [4.69, 9.17) is 0 Å². The minimum atomic E-state index is 0.817. The molecule has 1 heterocycles. The van der Waals surface area contributed by atoms with E-state index in [-0.39, 0.29) is 0 Å². The smallest absolute Gasteiger partial charge is 0.00928 e. The van der Waals surface area contributed by atoms with Gasteiger partial charge in [-0.3, -0.25) is 0 Å². The van der Waals surface area contributed by atoms with Gasteiger partial charge in [-0.15, -0.1) is 0 Å². The van der Waals surface area contributed by atoms with Crippen molar-refractivity contribution in [3.63, 3.8) is 0 Å². The first-order valence-corrected chi connectivity index (χ1v) is 7.76. The summed E-state index contributed by atoms with van der Waals surface area (Å²) in [6.07, 6.45) is 10.3. The zero-order chi connectivity index (χ0) is 11.7. The van der Waals surface area contributed by atoms with Crippen molar-refractivity contribution in [1.29, 1.82) is 0 Å². The summed E-state index contributed by atoms with van der Waals surface area (Å²) in [6.45, 7) is 4.21. The van der Waals surface area contributed by atoms with Gasteiger partial charge in [-0.2, -0.15) is 0 Å². The quantitative estimate of drug-likeness (QED) is 0.807. The Morgan fingerprint density at radius 1 is 1.00 bits per heavy atom. The second-order valence-corrected chi connectivity index (χ2v) is 6.59. The monoisotopic (exact) mass is 236 g/mol. The third-order valence-electron chi connectivity index (χ3n) is 5.65. The predicted octanol–water partition coefficient (Wildman–Crippen LogP) is 2.50. The van der Waals surface area contributed by atoms with Crippen LogP contribution in [-0.2, 0) is 0 Å². The molecule has 2 heteroatoms. The van der Waals surface area contributed by atoms with Crippen LogP contribution in [-0.4, -0.2) is 37.6 Å². The maximum absolute atomic E-state index is 3.51. The van der Waals surface area contributed by atoms with Gasteiger partial charge in [0.15, 0.2) is 0 Å². The van der Waals surface area contributed by atoms with E-state index in [1.807, 2.05) is 0 Å². The van der Waals surface area contributed by atoms with Crippen LogP contribution in [0.15, 0.2) is 0 Å². The second kappa shape index (κ2) is 5.27. The molecule has 2 saturated carbocycles. The molecule has 3 aliphatic rings. The van der Waals surface area contributed by atoms with E-state index in [0.717, 1.165) is 23.8 Å². The number of likely N-dealkylation sites (tertiary alicyclic amines) is 1. The van der Waals surface area contributed by atoms with E-state index in [2.05, 4.69) is 17.3 Å². The molecule has 0 amide bonds. The highest BCUT2D eigenvalue weighted by Crippen LogP contribution is 2.38. The SMILES string of the molecule is CNC1CCCC1CCN1CC2CCCC2C1.